The summed E-state index contributed by atoms with van der Waals surface area (Å²) in [7, 11) is 0. The Morgan fingerprint density at radius 2 is 2.21 bits per heavy atom. The summed E-state index contributed by atoms with van der Waals surface area (Å²) < 4.78 is 15.3. The van der Waals surface area contributed by atoms with Crippen molar-refractivity contribution >= 4 is 11.6 Å². The van der Waals surface area contributed by atoms with Crippen LogP contribution in [0.5, 0.6) is 0 Å². The van der Waals surface area contributed by atoms with Crippen LogP contribution >= 0.6 is 11.6 Å². The second-order valence-electron chi connectivity index (χ2n) is 4.63. The van der Waals surface area contributed by atoms with Gasteiger partial charge in [-0.15, -0.1) is 0 Å². The molecule has 0 aliphatic heterocycles. The summed E-state index contributed by atoms with van der Waals surface area (Å²) in [5, 5.41) is 7.90. The molecule has 0 amide bonds. The van der Waals surface area contributed by atoms with Gasteiger partial charge in [-0.1, -0.05) is 31.5 Å². The summed E-state index contributed by atoms with van der Waals surface area (Å²) in [6, 6.07) is 5.00. The zero-order chi connectivity index (χ0) is 13.8. The largest absolute Gasteiger partial charge is 0.308 e. The van der Waals surface area contributed by atoms with Crippen LogP contribution < -0.4 is 5.32 Å². The Morgan fingerprint density at radius 1 is 1.42 bits per heavy atom. The van der Waals surface area contributed by atoms with Gasteiger partial charge in [-0.25, -0.2) is 14.1 Å². The lowest BCUT2D eigenvalue weighted by atomic mass is 10.2. The normalized spacial score (nSPS) is 11.2. The quantitative estimate of drug-likeness (QED) is 0.917. The SMILES string of the molecule is CC(C)NCc1ncn(Cc2ccc(Cl)cc2F)n1. The van der Waals surface area contributed by atoms with E-state index in [0.29, 0.717) is 35.5 Å². The fraction of sp³-hybridized carbons (Fsp3) is 0.385. The molecular formula is C13H16ClFN4. The number of rotatable bonds is 5. The monoisotopic (exact) mass is 282 g/mol. The van der Waals surface area contributed by atoms with Crippen LogP contribution in [-0.2, 0) is 13.1 Å². The van der Waals surface area contributed by atoms with E-state index in [2.05, 4.69) is 29.2 Å². The highest BCUT2D eigenvalue weighted by Gasteiger charge is 2.06. The highest BCUT2D eigenvalue weighted by Crippen LogP contribution is 2.15. The Balaban J connectivity index is 2.03. The zero-order valence-corrected chi connectivity index (χ0v) is 11.7. The number of hydrogen-bond donors (Lipinski definition) is 1. The molecule has 0 fully saturated rings. The number of hydrogen-bond acceptors (Lipinski definition) is 3. The van der Waals surface area contributed by atoms with Gasteiger partial charge >= 0.3 is 0 Å². The molecule has 6 heteroatoms. The molecule has 0 atom stereocenters. The van der Waals surface area contributed by atoms with E-state index in [9.17, 15) is 4.39 Å². The fourth-order valence-electron chi connectivity index (χ4n) is 1.61. The molecule has 102 valence electrons. The summed E-state index contributed by atoms with van der Waals surface area (Å²) >= 11 is 5.71. The number of nitrogens with one attached hydrogen (secondary N) is 1. The van der Waals surface area contributed by atoms with Crippen molar-refractivity contribution in [3.8, 4) is 0 Å². The predicted octanol–water partition coefficient (Wildman–Crippen LogP) is 2.62. The first-order valence-corrected chi connectivity index (χ1v) is 6.48. The third-order valence-corrected chi connectivity index (χ3v) is 2.83. The second-order valence-corrected chi connectivity index (χ2v) is 5.07. The first-order chi connectivity index (χ1) is 9.04. The summed E-state index contributed by atoms with van der Waals surface area (Å²) in [6.45, 7) is 5.06. The minimum absolute atomic E-state index is 0.329. The fourth-order valence-corrected chi connectivity index (χ4v) is 1.77. The van der Waals surface area contributed by atoms with Crippen LogP contribution in [-0.4, -0.2) is 20.8 Å². The van der Waals surface area contributed by atoms with Gasteiger partial charge in [0, 0.05) is 16.6 Å². The van der Waals surface area contributed by atoms with E-state index in [0.717, 1.165) is 0 Å². The lowest BCUT2D eigenvalue weighted by Crippen LogP contribution is -2.22. The molecule has 1 aromatic carbocycles. The molecule has 0 unspecified atom stereocenters. The molecule has 1 aromatic heterocycles. The van der Waals surface area contributed by atoms with Crippen molar-refractivity contribution in [2.75, 3.05) is 0 Å². The lowest BCUT2D eigenvalue weighted by molar-refractivity contribution is 0.558. The smallest absolute Gasteiger partial charge is 0.164 e. The molecule has 0 saturated heterocycles. The van der Waals surface area contributed by atoms with Crippen molar-refractivity contribution in [1.82, 2.24) is 20.1 Å². The Morgan fingerprint density at radius 3 is 2.89 bits per heavy atom. The molecule has 1 heterocycles. The van der Waals surface area contributed by atoms with E-state index in [1.165, 1.54) is 6.07 Å². The van der Waals surface area contributed by atoms with Gasteiger partial charge in [0.25, 0.3) is 0 Å². The summed E-state index contributed by atoms with van der Waals surface area (Å²) in [4.78, 5) is 4.17. The predicted molar refractivity (Wildman–Crippen MR) is 72.5 cm³/mol. The summed E-state index contributed by atoms with van der Waals surface area (Å²) in [5.74, 6) is 0.368. The number of nitrogens with zero attached hydrogens (tertiary/aromatic N) is 3. The molecule has 0 spiro atoms. The molecule has 1 N–H and O–H groups in total. The van der Waals surface area contributed by atoms with E-state index in [-0.39, 0.29) is 5.82 Å². The van der Waals surface area contributed by atoms with Crippen LogP contribution in [0.25, 0.3) is 0 Å². The van der Waals surface area contributed by atoms with Gasteiger partial charge in [-0.3, -0.25) is 0 Å². The topological polar surface area (TPSA) is 42.7 Å². The molecule has 0 saturated carbocycles. The molecular weight excluding hydrogens is 267 g/mol. The second kappa shape index (κ2) is 6.12. The van der Waals surface area contributed by atoms with Crippen LogP contribution in [0, 0.1) is 5.82 Å². The minimum atomic E-state index is -0.329. The molecule has 19 heavy (non-hydrogen) atoms. The average molecular weight is 283 g/mol. The van der Waals surface area contributed by atoms with Gasteiger partial charge < -0.3 is 5.32 Å². The Hall–Kier alpha value is -1.46. The van der Waals surface area contributed by atoms with Crippen molar-refractivity contribution in [3.05, 3.63) is 46.8 Å². The van der Waals surface area contributed by atoms with E-state index < -0.39 is 0 Å². The Bertz CT molecular complexity index is 553. The van der Waals surface area contributed by atoms with Crippen LogP contribution in [0.3, 0.4) is 0 Å². The van der Waals surface area contributed by atoms with Crippen molar-refractivity contribution in [3.63, 3.8) is 0 Å². The third-order valence-electron chi connectivity index (χ3n) is 2.60. The van der Waals surface area contributed by atoms with Crippen LogP contribution in [0.15, 0.2) is 24.5 Å². The Labute approximate surface area is 116 Å². The van der Waals surface area contributed by atoms with Gasteiger partial charge in [0.2, 0.25) is 0 Å². The van der Waals surface area contributed by atoms with E-state index >= 15 is 0 Å². The molecule has 0 aliphatic carbocycles. The van der Waals surface area contributed by atoms with Gasteiger partial charge in [-0.05, 0) is 12.1 Å². The number of aromatic nitrogens is 3. The van der Waals surface area contributed by atoms with Gasteiger partial charge in [0.15, 0.2) is 5.82 Å². The van der Waals surface area contributed by atoms with Gasteiger partial charge in [-0.2, -0.15) is 5.10 Å². The molecule has 0 aliphatic rings. The highest BCUT2D eigenvalue weighted by molar-refractivity contribution is 6.30. The van der Waals surface area contributed by atoms with Gasteiger partial charge in [0.05, 0.1) is 13.1 Å². The van der Waals surface area contributed by atoms with E-state index in [1.807, 2.05) is 0 Å². The Kier molecular flexibility index (Phi) is 4.50. The van der Waals surface area contributed by atoms with Crippen molar-refractivity contribution < 1.29 is 4.39 Å². The van der Waals surface area contributed by atoms with E-state index in [1.54, 1.807) is 23.1 Å². The minimum Gasteiger partial charge on any atom is -0.308 e. The lowest BCUT2D eigenvalue weighted by Gasteiger charge is -2.05. The highest BCUT2D eigenvalue weighted by atomic mass is 35.5. The molecule has 2 aromatic rings. The first kappa shape index (κ1) is 14.0. The third kappa shape index (κ3) is 4.01. The van der Waals surface area contributed by atoms with Crippen molar-refractivity contribution in [2.45, 2.75) is 33.0 Å². The maximum Gasteiger partial charge on any atom is 0.164 e. The summed E-state index contributed by atoms with van der Waals surface area (Å²) in [5.41, 5.74) is 0.540. The molecule has 0 radical (unpaired) electrons. The maximum atomic E-state index is 13.6. The van der Waals surface area contributed by atoms with Gasteiger partial charge in [0.1, 0.15) is 12.1 Å². The van der Waals surface area contributed by atoms with Crippen LogP contribution in [0.1, 0.15) is 25.2 Å². The van der Waals surface area contributed by atoms with Crippen LogP contribution in [0.2, 0.25) is 5.02 Å². The maximum absolute atomic E-state index is 13.6. The zero-order valence-electron chi connectivity index (χ0n) is 10.9. The number of halogens is 2. The standard InChI is InChI=1S/C13H16ClFN4/c1-9(2)16-6-13-17-8-19(18-13)7-10-3-4-11(14)5-12(10)15/h3-5,8-9,16H,6-7H2,1-2H3. The number of benzene rings is 1. The molecule has 2 rings (SSSR count). The van der Waals surface area contributed by atoms with Crippen LogP contribution in [0.4, 0.5) is 4.39 Å². The molecule has 4 nitrogen and oxygen atoms in total. The van der Waals surface area contributed by atoms with E-state index in [4.69, 9.17) is 11.6 Å². The first-order valence-electron chi connectivity index (χ1n) is 6.10. The van der Waals surface area contributed by atoms with Crippen molar-refractivity contribution in [2.24, 2.45) is 0 Å². The van der Waals surface area contributed by atoms with Crippen molar-refractivity contribution in [1.29, 1.82) is 0 Å². The summed E-state index contributed by atoms with van der Waals surface area (Å²) in [6.07, 6.45) is 1.60. The average Bonchev–Trinajstić information content (AvgIpc) is 2.78. The molecule has 0 bridgehead atoms.